The summed E-state index contributed by atoms with van der Waals surface area (Å²) < 4.78 is 15.4. The van der Waals surface area contributed by atoms with E-state index in [1.54, 1.807) is 25.3 Å². The summed E-state index contributed by atoms with van der Waals surface area (Å²) in [5, 5.41) is 14.0. The fourth-order valence-electron chi connectivity index (χ4n) is 1.88. The minimum Gasteiger partial charge on any atom is -0.389 e. The third-order valence-electron chi connectivity index (χ3n) is 2.90. The molecule has 2 rings (SSSR count). The molecular weight excluding hydrogens is 231 g/mol. The quantitative estimate of drug-likeness (QED) is 0.905. The molecule has 3 nitrogen and oxygen atoms in total. The Morgan fingerprint density at radius 3 is 2.50 bits per heavy atom. The standard InChI is InChI=1S/C14H17FN2O/c1-9(2)13-7-8-17(16-13)14-11(10(3)18)5-4-6-12(14)15/h4-10,18H,1-3H3/t10-/m0/s1. The first kappa shape index (κ1) is 12.8. The topological polar surface area (TPSA) is 38.0 Å². The van der Waals surface area contributed by atoms with Gasteiger partial charge in [-0.3, -0.25) is 0 Å². The molecule has 0 radical (unpaired) electrons. The Bertz CT molecular complexity index is 546. The fourth-order valence-corrected chi connectivity index (χ4v) is 1.88. The molecule has 0 saturated carbocycles. The number of rotatable bonds is 3. The van der Waals surface area contributed by atoms with E-state index < -0.39 is 6.10 Å². The minimum atomic E-state index is -0.734. The second-order valence-corrected chi connectivity index (χ2v) is 4.69. The van der Waals surface area contributed by atoms with Crippen molar-refractivity contribution in [2.45, 2.75) is 32.8 Å². The number of para-hydroxylation sites is 1. The smallest absolute Gasteiger partial charge is 0.149 e. The first-order valence-corrected chi connectivity index (χ1v) is 6.03. The Hall–Kier alpha value is -1.68. The highest BCUT2D eigenvalue weighted by Gasteiger charge is 2.15. The predicted octanol–water partition coefficient (Wildman–Crippen LogP) is 3.19. The van der Waals surface area contributed by atoms with Gasteiger partial charge in [0.2, 0.25) is 0 Å². The van der Waals surface area contributed by atoms with Crippen molar-refractivity contribution in [3.63, 3.8) is 0 Å². The molecule has 1 heterocycles. The zero-order valence-corrected chi connectivity index (χ0v) is 10.8. The maximum absolute atomic E-state index is 13.9. The van der Waals surface area contributed by atoms with Crippen molar-refractivity contribution in [1.29, 1.82) is 0 Å². The first-order valence-electron chi connectivity index (χ1n) is 6.03. The second kappa shape index (κ2) is 4.90. The van der Waals surface area contributed by atoms with Gasteiger partial charge in [-0.05, 0) is 25.0 Å². The summed E-state index contributed by atoms with van der Waals surface area (Å²) >= 11 is 0. The first-order chi connectivity index (χ1) is 8.50. The van der Waals surface area contributed by atoms with E-state index in [-0.39, 0.29) is 11.7 Å². The minimum absolute atomic E-state index is 0.285. The number of hydrogen-bond donors (Lipinski definition) is 1. The zero-order chi connectivity index (χ0) is 13.3. The van der Waals surface area contributed by atoms with Gasteiger partial charge < -0.3 is 5.11 Å². The second-order valence-electron chi connectivity index (χ2n) is 4.69. The molecule has 0 amide bonds. The SMILES string of the molecule is CC(C)c1ccn(-c2c(F)cccc2[C@H](C)O)n1. The lowest BCUT2D eigenvalue weighted by molar-refractivity contribution is 0.198. The summed E-state index contributed by atoms with van der Waals surface area (Å²) in [6.45, 7) is 5.68. The third kappa shape index (κ3) is 2.29. The molecule has 0 unspecified atom stereocenters. The molecule has 0 fully saturated rings. The van der Waals surface area contributed by atoms with Gasteiger partial charge in [0.1, 0.15) is 11.5 Å². The summed E-state index contributed by atoms with van der Waals surface area (Å²) in [4.78, 5) is 0. The van der Waals surface area contributed by atoms with Crippen LogP contribution >= 0.6 is 0 Å². The van der Waals surface area contributed by atoms with Crippen molar-refractivity contribution in [1.82, 2.24) is 9.78 Å². The van der Waals surface area contributed by atoms with Gasteiger partial charge in [0.05, 0.1) is 11.8 Å². The van der Waals surface area contributed by atoms with E-state index in [0.29, 0.717) is 11.3 Å². The summed E-state index contributed by atoms with van der Waals surface area (Å²) in [6, 6.07) is 6.54. The van der Waals surface area contributed by atoms with Gasteiger partial charge in [-0.25, -0.2) is 9.07 Å². The van der Waals surface area contributed by atoms with Crippen LogP contribution in [0.4, 0.5) is 4.39 Å². The van der Waals surface area contributed by atoms with Crippen molar-refractivity contribution in [2.75, 3.05) is 0 Å². The Balaban J connectivity index is 2.55. The highest BCUT2D eigenvalue weighted by atomic mass is 19.1. The van der Waals surface area contributed by atoms with Gasteiger partial charge in [0.15, 0.2) is 0 Å². The Kier molecular flexibility index (Phi) is 3.48. The molecule has 1 aromatic carbocycles. The molecule has 1 atom stereocenters. The van der Waals surface area contributed by atoms with Crippen LogP contribution in [0.15, 0.2) is 30.5 Å². The number of aliphatic hydroxyl groups excluding tert-OH is 1. The van der Waals surface area contributed by atoms with Gasteiger partial charge in [-0.1, -0.05) is 26.0 Å². The number of aliphatic hydroxyl groups is 1. The Labute approximate surface area is 106 Å². The summed E-state index contributed by atoms with van der Waals surface area (Å²) in [5.41, 5.74) is 1.75. The van der Waals surface area contributed by atoms with Crippen molar-refractivity contribution >= 4 is 0 Å². The predicted molar refractivity (Wildman–Crippen MR) is 68.2 cm³/mol. The number of nitrogens with zero attached hydrogens (tertiary/aromatic N) is 2. The molecule has 96 valence electrons. The summed E-state index contributed by atoms with van der Waals surface area (Å²) in [6.07, 6.45) is 0.988. The lowest BCUT2D eigenvalue weighted by Crippen LogP contribution is -2.06. The molecular formula is C14H17FN2O. The summed E-state index contributed by atoms with van der Waals surface area (Å²) in [5.74, 6) is -0.0974. The van der Waals surface area contributed by atoms with Crippen LogP contribution in [0.1, 0.15) is 44.1 Å². The molecule has 0 aliphatic carbocycles. The fraction of sp³-hybridized carbons (Fsp3) is 0.357. The maximum Gasteiger partial charge on any atom is 0.149 e. The largest absolute Gasteiger partial charge is 0.389 e. The van der Waals surface area contributed by atoms with Crippen molar-refractivity contribution < 1.29 is 9.50 Å². The van der Waals surface area contributed by atoms with Crippen molar-refractivity contribution in [3.8, 4) is 5.69 Å². The molecule has 0 saturated heterocycles. The molecule has 18 heavy (non-hydrogen) atoms. The lowest BCUT2D eigenvalue weighted by Gasteiger charge is -2.12. The average molecular weight is 248 g/mol. The van der Waals surface area contributed by atoms with Gasteiger partial charge in [0.25, 0.3) is 0 Å². The van der Waals surface area contributed by atoms with Crippen LogP contribution in [0, 0.1) is 5.82 Å². The van der Waals surface area contributed by atoms with E-state index in [1.165, 1.54) is 10.7 Å². The van der Waals surface area contributed by atoms with Crippen LogP contribution < -0.4 is 0 Å². The van der Waals surface area contributed by atoms with Crippen LogP contribution in [-0.2, 0) is 0 Å². The number of hydrogen-bond acceptors (Lipinski definition) is 2. The zero-order valence-electron chi connectivity index (χ0n) is 10.8. The average Bonchev–Trinajstić information content (AvgIpc) is 2.77. The lowest BCUT2D eigenvalue weighted by atomic mass is 10.1. The number of aromatic nitrogens is 2. The number of halogens is 1. The van der Waals surface area contributed by atoms with E-state index in [4.69, 9.17) is 0 Å². The van der Waals surface area contributed by atoms with Gasteiger partial charge in [0, 0.05) is 11.8 Å². The molecule has 1 aromatic heterocycles. The maximum atomic E-state index is 13.9. The Morgan fingerprint density at radius 1 is 1.22 bits per heavy atom. The van der Waals surface area contributed by atoms with E-state index in [0.717, 1.165) is 5.69 Å². The molecule has 0 aliphatic heterocycles. The normalized spacial score (nSPS) is 13.0. The Morgan fingerprint density at radius 2 is 1.94 bits per heavy atom. The molecule has 0 bridgehead atoms. The van der Waals surface area contributed by atoms with E-state index in [2.05, 4.69) is 5.10 Å². The van der Waals surface area contributed by atoms with Gasteiger partial charge in [-0.15, -0.1) is 0 Å². The van der Waals surface area contributed by atoms with Crippen molar-refractivity contribution in [2.24, 2.45) is 0 Å². The third-order valence-corrected chi connectivity index (χ3v) is 2.90. The van der Waals surface area contributed by atoms with Crippen LogP contribution in [0.2, 0.25) is 0 Å². The van der Waals surface area contributed by atoms with Crippen LogP contribution in [0.25, 0.3) is 5.69 Å². The van der Waals surface area contributed by atoms with Gasteiger partial charge >= 0.3 is 0 Å². The molecule has 0 spiro atoms. The monoisotopic (exact) mass is 248 g/mol. The highest BCUT2D eigenvalue weighted by molar-refractivity contribution is 5.43. The summed E-state index contributed by atoms with van der Waals surface area (Å²) in [7, 11) is 0. The number of benzene rings is 1. The van der Waals surface area contributed by atoms with Crippen LogP contribution in [0.5, 0.6) is 0 Å². The molecule has 2 aromatic rings. The van der Waals surface area contributed by atoms with Crippen LogP contribution in [-0.4, -0.2) is 14.9 Å². The molecule has 1 N–H and O–H groups in total. The molecule has 0 aliphatic rings. The van der Waals surface area contributed by atoms with Crippen LogP contribution in [0.3, 0.4) is 0 Å². The van der Waals surface area contributed by atoms with E-state index >= 15 is 0 Å². The van der Waals surface area contributed by atoms with Crippen molar-refractivity contribution in [3.05, 3.63) is 47.5 Å². The van der Waals surface area contributed by atoms with Gasteiger partial charge in [-0.2, -0.15) is 5.10 Å². The van der Waals surface area contributed by atoms with E-state index in [9.17, 15) is 9.50 Å². The van der Waals surface area contributed by atoms with E-state index in [1.807, 2.05) is 19.9 Å². The molecule has 4 heteroatoms. The highest BCUT2D eigenvalue weighted by Crippen LogP contribution is 2.24.